The van der Waals surface area contributed by atoms with E-state index in [1.165, 1.54) is 10.8 Å². The summed E-state index contributed by atoms with van der Waals surface area (Å²) >= 11 is 8.26. The molecule has 0 aliphatic carbocycles. The molecule has 21 heavy (non-hydrogen) atoms. The molecule has 0 saturated carbocycles. The maximum absolute atomic E-state index is 10.5. The Balaban J connectivity index is 1.88. The molecule has 1 atom stereocenters. The van der Waals surface area contributed by atoms with Gasteiger partial charge in [0.25, 0.3) is 0 Å². The van der Waals surface area contributed by atoms with E-state index in [1.54, 1.807) is 0 Å². The van der Waals surface area contributed by atoms with Crippen LogP contribution in [0.2, 0.25) is 5.02 Å². The van der Waals surface area contributed by atoms with Crippen molar-refractivity contribution in [2.45, 2.75) is 12.5 Å². The standard InChI is InChI=1S/C18H14ClIO/c19-15-7-8-17(20)16(11-15)18(21)10-12-5-6-13-3-1-2-4-14(13)9-12/h1-9,11,18,21H,10H2. The minimum absolute atomic E-state index is 0.545. The molecule has 106 valence electrons. The molecule has 3 aromatic carbocycles. The molecule has 0 amide bonds. The molecule has 0 aliphatic heterocycles. The van der Waals surface area contributed by atoms with E-state index in [4.69, 9.17) is 11.6 Å². The Morgan fingerprint density at radius 3 is 2.52 bits per heavy atom. The Labute approximate surface area is 142 Å². The van der Waals surface area contributed by atoms with Crippen molar-refractivity contribution in [2.24, 2.45) is 0 Å². The smallest absolute Gasteiger partial charge is 0.0841 e. The van der Waals surface area contributed by atoms with Gasteiger partial charge in [-0.25, -0.2) is 0 Å². The van der Waals surface area contributed by atoms with Gasteiger partial charge in [-0.05, 0) is 62.7 Å². The van der Waals surface area contributed by atoms with Gasteiger partial charge in [-0.1, -0.05) is 54.1 Å². The SMILES string of the molecule is OC(Cc1ccc2ccccc2c1)c1cc(Cl)ccc1I. The third kappa shape index (κ3) is 3.39. The van der Waals surface area contributed by atoms with Gasteiger partial charge in [0.05, 0.1) is 6.10 Å². The zero-order valence-corrected chi connectivity index (χ0v) is 14.2. The van der Waals surface area contributed by atoms with Crippen LogP contribution in [0.25, 0.3) is 10.8 Å². The van der Waals surface area contributed by atoms with Crippen molar-refractivity contribution in [1.29, 1.82) is 0 Å². The van der Waals surface area contributed by atoms with Crippen molar-refractivity contribution in [2.75, 3.05) is 0 Å². The lowest BCUT2D eigenvalue weighted by Crippen LogP contribution is -2.04. The van der Waals surface area contributed by atoms with Gasteiger partial charge in [-0.15, -0.1) is 0 Å². The van der Waals surface area contributed by atoms with Crippen molar-refractivity contribution in [3.05, 3.63) is 80.4 Å². The molecule has 3 aromatic rings. The topological polar surface area (TPSA) is 20.2 Å². The van der Waals surface area contributed by atoms with Gasteiger partial charge in [0.1, 0.15) is 0 Å². The monoisotopic (exact) mass is 408 g/mol. The lowest BCUT2D eigenvalue weighted by molar-refractivity contribution is 0.177. The fraction of sp³-hybridized carbons (Fsp3) is 0.111. The van der Waals surface area contributed by atoms with Crippen LogP contribution in [0.3, 0.4) is 0 Å². The largest absolute Gasteiger partial charge is 0.388 e. The first-order chi connectivity index (χ1) is 10.1. The number of aliphatic hydroxyl groups is 1. The number of rotatable bonds is 3. The number of halogens is 2. The minimum atomic E-state index is -0.545. The van der Waals surface area contributed by atoms with Crippen LogP contribution in [-0.4, -0.2) is 5.11 Å². The number of hydrogen-bond donors (Lipinski definition) is 1. The summed E-state index contributed by atoms with van der Waals surface area (Å²) in [6, 6.07) is 20.2. The molecule has 0 radical (unpaired) electrons. The molecule has 0 fully saturated rings. The Morgan fingerprint density at radius 2 is 1.71 bits per heavy atom. The minimum Gasteiger partial charge on any atom is -0.388 e. The first kappa shape index (κ1) is 14.8. The van der Waals surface area contributed by atoms with Gasteiger partial charge in [-0.2, -0.15) is 0 Å². The van der Waals surface area contributed by atoms with Gasteiger partial charge in [0.15, 0.2) is 0 Å². The molecule has 0 spiro atoms. The third-order valence-corrected chi connectivity index (χ3v) is 4.78. The van der Waals surface area contributed by atoms with E-state index in [1.807, 2.05) is 30.3 Å². The summed E-state index contributed by atoms with van der Waals surface area (Å²) in [5.74, 6) is 0. The van der Waals surface area contributed by atoms with Crippen LogP contribution in [0.15, 0.2) is 60.7 Å². The fourth-order valence-corrected chi connectivity index (χ4v) is 3.34. The summed E-state index contributed by atoms with van der Waals surface area (Å²) in [5, 5.41) is 13.6. The van der Waals surface area contributed by atoms with E-state index in [2.05, 4.69) is 52.9 Å². The maximum Gasteiger partial charge on any atom is 0.0841 e. The van der Waals surface area contributed by atoms with Crippen LogP contribution in [0.4, 0.5) is 0 Å². The molecule has 0 saturated heterocycles. The van der Waals surface area contributed by atoms with Crippen LogP contribution in [0.5, 0.6) is 0 Å². The molecule has 0 aromatic heterocycles. The van der Waals surface area contributed by atoms with Crippen LogP contribution in [0, 0.1) is 3.57 Å². The highest BCUT2D eigenvalue weighted by Gasteiger charge is 2.13. The summed E-state index contributed by atoms with van der Waals surface area (Å²) in [7, 11) is 0. The van der Waals surface area contributed by atoms with Crippen molar-refractivity contribution in [3.63, 3.8) is 0 Å². The van der Waals surface area contributed by atoms with Crippen LogP contribution in [-0.2, 0) is 6.42 Å². The normalized spacial score (nSPS) is 12.5. The first-order valence-electron chi connectivity index (χ1n) is 6.74. The van der Waals surface area contributed by atoms with Gasteiger partial charge < -0.3 is 5.11 Å². The first-order valence-corrected chi connectivity index (χ1v) is 8.20. The molecule has 1 nitrogen and oxygen atoms in total. The van der Waals surface area contributed by atoms with E-state index in [-0.39, 0.29) is 0 Å². The number of fused-ring (bicyclic) bond motifs is 1. The molecular weight excluding hydrogens is 395 g/mol. The lowest BCUT2D eigenvalue weighted by Gasteiger charge is -2.14. The Bertz CT molecular complexity index is 785. The van der Waals surface area contributed by atoms with E-state index in [0.717, 1.165) is 14.7 Å². The van der Waals surface area contributed by atoms with Gasteiger partial charge in [0, 0.05) is 15.0 Å². The predicted molar refractivity (Wildman–Crippen MR) is 96.8 cm³/mol. The molecule has 0 heterocycles. The number of aliphatic hydroxyl groups excluding tert-OH is 1. The molecule has 1 N–H and O–H groups in total. The molecule has 3 heteroatoms. The van der Waals surface area contributed by atoms with Crippen molar-refractivity contribution < 1.29 is 5.11 Å². The number of benzene rings is 3. The Kier molecular flexibility index (Phi) is 4.48. The summed E-state index contributed by atoms with van der Waals surface area (Å²) < 4.78 is 1.03. The average molecular weight is 409 g/mol. The van der Waals surface area contributed by atoms with Gasteiger partial charge in [0.2, 0.25) is 0 Å². The molecule has 0 aliphatic rings. The second-order valence-electron chi connectivity index (χ2n) is 5.07. The highest BCUT2D eigenvalue weighted by Crippen LogP contribution is 2.27. The summed E-state index contributed by atoms with van der Waals surface area (Å²) in [6.45, 7) is 0. The van der Waals surface area contributed by atoms with E-state index >= 15 is 0 Å². The van der Waals surface area contributed by atoms with Crippen molar-refractivity contribution in [3.8, 4) is 0 Å². The zero-order chi connectivity index (χ0) is 14.8. The summed E-state index contributed by atoms with van der Waals surface area (Å²) in [4.78, 5) is 0. The van der Waals surface area contributed by atoms with Crippen molar-refractivity contribution >= 4 is 45.0 Å². The average Bonchev–Trinajstić information content (AvgIpc) is 2.49. The molecule has 1 unspecified atom stereocenters. The molecule has 3 rings (SSSR count). The number of hydrogen-bond acceptors (Lipinski definition) is 1. The Hall–Kier alpha value is -1.10. The molecule has 0 bridgehead atoms. The highest BCUT2D eigenvalue weighted by molar-refractivity contribution is 14.1. The van der Waals surface area contributed by atoms with Gasteiger partial charge in [-0.3, -0.25) is 0 Å². The quantitative estimate of drug-likeness (QED) is 0.577. The van der Waals surface area contributed by atoms with Crippen LogP contribution >= 0.6 is 34.2 Å². The van der Waals surface area contributed by atoms with Crippen LogP contribution < -0.4 is 0 Å². The predicted octanol–water partition coefficient (Wildman–Crippen LogP) is 5.37. The van der Waals surface area contributed by atoms with E-state index in [9.17, 15) is 5.11 Å². The summed E-state index contributed by atoms with van der Waals surface area (Å²) in [6.07, 6.45) is 0.0398. The van der Waals surface area contributed by atoms with E-state index < -0.39 is 6.10 Å². The van der Waals surface area contributed by atoms with Gasteiger partial charge >= 0.3 is 0 Å². The van der Waals surface area contributed by atoms with Crippen molar-refractivity contribution in [1.82, 2.24) is 0 Å². The lowest BCUT2D eigenvalue weighted by atomic mass is 9.99. The molecular formula is C18H14ClIO. The maximum atomic E-state index is 10.5. The Morgan fingerprint density at radius 1 is 0.952 bits per heavy atom. The third-order valence-electron chi connectivity index (χ3n) is 3.56. The van der Waals surface area contributed by atoms with Crippen LogP contribution in [0.1, 0.15) is 17.2 Å². The fourth-order valence-electron chi connectivity index (χ4n) is 2.47. The second-order valence-corrected chi connectivity index (χ2v) is 6.67. The summed E-state index contributed by atoms with van der Waals surface area (Å²) in [5.41, 5.74) is 2.01. The second kappa shape index (κ2) is 6.34. The zero-order valence-electron chi connectivity index (χ0n) is 11.3. The highest BCUT2D eigenvalue weighted by atomic mass is 127. The van der Waals surface area contributed by atoms with E-state index in [0.29, 0.717) is 11.4 Å².